The molecular formula is C23H27FN4O3. The van der Waals surface area contributed by atoms with Crippen LogP contribution in [0.2, 0.25) is 0 Å². The topological polar surface area (TPSA) is 77.8 Å². The fourth-order valence-electron chi connectivity index (χ4n) is 5.27. The molecule has 1 aromatic heterocycles. The number of carbonyl (C=O) groups is 2. The summed E-state index contributed by atoms with van der Waals surface area (Å²) < 4.78 is 18.7. The number of amides is 2. The van der Waals surface area contributed by atoms with Gasteiger partial charge in [-0.2, -0.15) is 0 Å². The van der Waals surface area contributed by atoms with E-state index in [0.717, 1.165) is 37.1 Å². The van der Waals surface area contributed by atoms with Crippen molar-refractivity contribution in [2.45, 2.75) is 56.9 Å². The van der Waals surface area contributed by atoms with Crippen molar-refractivity contribution in [2.75, 3.05) is 6.54 Å². The number of fused-ring (bicyclic) bond motifs is 3. The highest BCUT2D eigenvalue weighted by molar-refractivity contribution is 5.84. The third kappa shape index (κ3) is 3.97. The number of halogens is 1. The van der Waals surface area contributed by atoms with Crippen molar-refractivity contribution < 1.29 is 18.4 Å². The molecule has 164 valence electrons. The Morgan fingerprint density at radius 3 is 2.77 bits per heavy atom. The van der Waals surface area contributed by atoms with E-state index in [9.17, 15) is 14.0 Å². The molecule has 3 heterocycles. The lowest BCUT2D eigenvalue weighted by atomic mass is 9.78. The number of furan rings is 1. The van der Waals surface area contributed by atoms with E-state index in [1.807, 2.05) is 11.0 Å². The molecule has 5 rings (SSSR count). The first kappa shape index (κ1) is 20.2. The number of nitrogens with one attached hydrogen (secondary N) is 2. The zero-order valence-corrected chi connectivity index (χ0v) is 17.3. The van der Waals surface area contributed by atoms with Gasteiger partial charge in [-0.15, -0.1) is 0 Å². The van der Waals surface area contributed by atoms with E-state index in [4.69, 9.17) is 4.42 Å². The maximum Gasteiger partial charge on any atom is 0.242 e. The molecule has 7 nitrogen and oxygen atoms in total. The van der Waals surface area contributed by atoms with Crippen molar-refractivity contribution in [2.24, 2.45) is 5.92 Å². The van der Waals surface area contributed by atoms with Crippen LogP contribution in [0.15, 0.2) is 47.1 Å². The number of hydrazine groups is 1. The van der Waals surface area contributed by atoms with Crippen LogP contribution < -0.4 is 10.7 Å². The number of piperazine rings is 1. The summed E-state index contributed by atoms with van der Waals surface area (Å²) in [6.07, 6.45) is 4.63. The molecular weight excluding hydrogens is 399 g/mol. The molecule has 2 amide bonds. The van der Waals surface area contributed by atoms with Crippen molar-refractivity contribution in [3.05, 3.63) is 59.8 Å². The summed E-state index contributed by atoms with van der Waals surface area (Å²) in [5.74, 6) is 0.368. The van der Waals surface area contributed by atoms with Crippen LogP contribution in [0.25, 0.3) is 0 Å². The third-order valence-electron chi connectivity index (χ3n) is 6.81. The summed E-state index contributed by atoms with van der Waals surface area (Å²) in [6, 6.07) is 9.90. The number of nitrogens with zero attached hydrogens (tertiary/aromatic N) is 2. The van der Waals surface area contributed by atoms with Crippen molar-refractivity contribution >= 4 is 11.8 Å². The summed E-state index contributed by atoms with van der Waals surface area (Å²) in [4.78, 5) is 28.1. The molecule has 2 N–H and O–H groups in total. The van der Waals surface area contributed by atoms with Crippen LogP contribution in [-0.4, -0.2) is 46.4 Å². The Labute approximate surface area is 180 Å². The molecule has 4 unspecified atom stereocenters. The van der Waals surface area contributed by atoms with Crippen LogP contribution in [0.4, 0.5) is 4.39 Å². The molecule has 2 aliphatic heterocycles. The smallest absolute Gasteiger partial charge is 0.242 e. The molecule has 0 radical (unpaired) electrons. The van der Waals surface area contributed by atoms with Crippen molar-refractivity contribution in [1.29, 1.82) is 0 Å². The fourth-order valence-corrected chi connectivity index (χ4v) is 5.27. The number of benzene rings is 1. The number of rotatable bonds is 5. The standard InChI is InChI=1S/C23H27FN4O3/c24-17-6-3-15(4-7-17)14-27-21-12-16(22(29)25-13-18-2-1-11-31-18)5-8-19(21)28-20(23(27)30)9-10-26-28/h1-4,6-7,11,16,19-21,26H,5,8-10,12-14H2,(H,25,29). The highest BCUT2D eigenvalue weighted by Gasteiger charge is 2.51. The zero-order valence-electron chi connectivity index (χ0n) is 17.3. The van der Waals surface area contributed by atoms with Gasteiger partial charge in [0.2, 0.25) is 11.8 Å². The average Bonchev–Trinajstić information content (AvgIpc) is 3.48. The van der Waals surface area contributed by atoms with Crippen LogP contribution in [0.5, 0.6) is 0 Å². The second-order valence-corrected chi connectivity index (χ2v) is 8.65. The van der Waals surface area contributed by atoms with Crippen LogP contribution in [0, 0.1) is 11.7 Å². The van der Waals surface area contributed by atoms with Gasteiger partial charge in [-0.3, -0.25) is 15.0 Å². The van der Waals surface area contributed by atoms with Gasteiger partial charge in [0.1, 0.15) is 17.6 Å². The van der Waals surface area contributed by atoms with Crippen LogP contribution in [0.1, 0.15) is 37.0 Å². The first-order valence-corrected chi connectivity index (χ1v) is 11.0. The molecule has 31 heavy (non-hydrogen) atoms. The molecule has 3 fully saturated rings. The van der Waals surface area contributed by atoms with Gasteiger partial charge in [0.15, 0.2) is 0 Å². The van der Waals surface area contributed by atoms with Gasteiger partial charge >= 0.3 is 0 Å². The average molecular weight is 426 g/mol. The van der Waals surface area contributed by atoms with Crippen LogP contribution in [0.3, 0.4) is 0 Å². The maximum atomic E-state index is 13.4. The molecule has 8 heteroatoms. The SMILES string of the molecule is O=C(NCc1ccco1)C1CCC2C(C1)N(Cc1ccc(F)cc1)C(=O)C1CCNN12. The van der Waals surface area contributed by atoms with Gasteiger partial charge in [0.25, 0.3) is 0 Å². The lowest BCUT2D eigenvalue weighted by Crippen LogP contribution is -2.68. The largest absolute Gasteiger partial charge is 0.467 e. The molecule has 1 aromatic carbocycles. The minimum atomic E-state index is -0.288. The molecule has 4 atom stereocenters. The van der Waals surface area contributed by atoms with E-state index in [-0.39, 0.29) is 41.7 Å². The quantitative estimate of drug-likeness (QED) is 0.767. The van der Waals surface area contributed by atoms with Crippen LogP contribution in [-0.2, 0) is 22.7 Å². The first-order chi connectivity index (χ1) is 15.1. The molecule has 3 aliphatic rings. The van der Waals surface area contributed by atoms with Gasteiger partial charge < -0.3 is 14.6 Å². The Hall–Kier alpha value is -2.71. The Morgan fingerprint density at radius 1 is 1.16 bits per heavy atom. The second kappa shape index (κ2) is 8.43. The molecule has 1 aliphatic carbocycles. The minimum Gasteiger partial charge on any atom is -0.467 e. The second-order valence-electron chi connectivity index (χ2n) is 8.65. The van der Waals surface area contributed by atoms with E-state index in [0.29, 0.717) is 19.5 Å². The van der Waals surface area contributed by atoms with E-state index in [2.05, 4.69) is 15.8 Å². The third-order valence-corrected chi connectivity index (χ3v) is 6.81. The number of hydrogen-bond acceptors (Lipinski definition) is 5. The highest BCUT2D eigenvalue weighted by Crippen LogP contribution is 2.38. The van der Waals surface area contributed by atoms with Crippen molar-refractivity contribution in [3.8, 4) is 0 Å². The normalized spacial score (nSPS) is 28.3. The molecule has 0 bridgehead atoms. The Bertz CT molecular complexity index is 933. The summed E-state index contributed by atoms with van der Waals surface area (Å²) in [6.45, 7) is 1.59. The van der Waals surface area contributed by atoms with Gasteiger partial charge in [-0.25, -0.2) is 9.40 Å². The zero-order chi connectivity index (χ0) is 21.4. The minimum absolute atomic E-state index is 0.000496. The Kier molecular flexibility index (Phi) is 5.50. The van der Waals surface area contributed by atoms with Gasteiger partial charge in [-0.1, -0.05) is 12.1 Å². The Morgan fingerprint density at radius 2 is 2.00 bits per heavy atom. The van der Waals surface area contributed by atoms with Crippen molar-refractivity contribution in [3.63, 3.8) is 0 Å². The fraction of sp³-hybridized carbons (Fsp3) is 0.478. The van der Waals surface area contributed by atoms with Gasteiger partial charge in [0.05, 0.1) is 12.8 Å². The van der Waals surface area contributed by atoms with E-state index in [1.54, 1.807) is 24.5 Å². The molecule has 0 spiro atoms. The first-order valence-electron chi connectivity index (χ1n) is 11.0. The predicted octanol–water partition coefficient (Wildman–Crippen LogP) is 2.19. The molecule has 2 aromatic rings. The predicted molar refractivity (Wildman–Crippen MR) is 111 cm³/mol. The summed E-state index contributed by atoms with van der Waals surface area (Å²) in [7, 11) is 0. The monoisotopic (exact) mass is 426 g/mol. The maximum absolute atomic E-state index is 13.4. The van der Waals surface area contributed by atoms with E-state index in [1.165, 1.54) is 12.1 Å². The van der Waals surface area contributed by atoms with Gasteiger partial charge in [0, 0.05) is 31.1 Å². The van der Waals surface area contributed by atoms with Crippen molar-refractivity contribution in [1.82, 2.24) is 20.7 Å². The summed E-state index contributed by atoms with van der Waals surface area (Å²) in [5, 5.41) is 5.10. The number of carbonyl (C=O) groups excluding carboxylic acids is 2. The van der Waals surface area contributed by atoms with Gasteiger partial charge in [-0.05, 0) is 55.5 Å². The summed E-state index contributed by atoms with van der Waals surface area (Å²) >= 11 is 0. The molecule has 1 saturated carbocycles. The van der Waals surface area contributed by atoms with Crippen LogP contribution >= 0.6 is 0 Å². The lowest BCUT2D eigenvalue weighted by Gasteiger charge is -2.51. The number of hydrogen-bond donors (Lipinski definition) is 2. The molecule has 2 saturated heterocycles. The highest BCUT2D eigenvalue weighted by atomic mass is 19.1. The lowest BCUT2D eigenvalue weighted by molar-refractivity contribution is -0.157. The Balaban J connectivity index is 1.33. The van der Waals surface area contributed by atoms with E-state index >= 15 is 0 Å². The summed E-state index contributed by atoms with van der Waals surface area (Å²) in [5.41, 5.74) is 4.29. The van der Waals surface area contributed by atoms with E-state index < -0.39 is 0 Å².